The van der Waals surface area contributed by atoms with Gasteiger partial charge >= 0.3 is 0 Å². The molecule has 0 aromatic heterocycles. The van der Waals surface area contributed by atoms with Crippen molar-refractivity contribution in [1.82, 2.24) is 4.90 Å². The van der Waals surface area contributed by atoms with E-state index in [4.69, 9.17) is 10.5 Å². The Morgan fingerprint density at radius 2 is 1.81 bits per heavy atom. The van der Waals surface area contributed by atoms with E-state index in [1.54, 1.807) is 0 Å². The predicted molar refractivity (Wildman–Crippen MR) is 107 cm³/mol. The molecular formula is C21H27ClN2O2. The van der Waals surface area contributed by atoms with Crippen LogP contribution in [-0.4, -0.2) is 29.5 Å². The number of aryl methyl sites for hydroxylation is 1. The minimum atomic E-state index is -0.301. The number of ether oxygens (including phenoxy) is 1. The number of carbonyl (C=O) groups excluding carboxylic acids is 1. The number of nitrogen functional groups attached to an aromatic ring is 1. The summed E-state index contributed by atoms with van der Waals surface area (Å²) in [6.07, 6.45) is 1.05. The maximum atomic E-state index is 12.9. The standard InChI is InChI=1S/C21H26N2O2.ClH/c1-21(2)15-25-19(17-9-4-3-5-10-17)14-23(21)20(24)13-12-16-8-6-7-11-18(16)22;/h3-11,19H,12-15,22H2,1-2H3;1H. The van der Waals surface area contributed by atoms with Crippen molar-refractivity contribution in [2.24, 2.45) is 0 Å². The number of benzene rings is 2. The van der Waals surface area contributed by atoms with Crippen LogP contribution in [-0.2, 0) is 16.0 Å². The van der Waals surface area contributed by atoms with Crippen LogP contribution in [0.5, 0.6) is 0 Å². The molecule has 0 bridgehead atoms. The molecule has 1 atom stereocenters. The minimum Gasteiger partial charge on any atom is -0.399 e. The maximum absolute atomic E-state index is 12.9. The Labute approximate surface area is 161 Å². The fourth-order valence-corrected chi connectivity index (χ4v) is 3.30. The molecule has 1 aliphatic heterocycles. The Hall–Kier alpha value is -2.04. The fourth-order valence-electron chi connectivity index (χ4n) is 3.30. The highest BCUT2D eigenvalue weighted by atomic mass is 35.5. The Bertz CT molecular complexity index is 734. The van der Waals surface area contributed by atoms with Crippen LogP contribution in [0.2, 0.25) is 0 Å². The highest BCUT2D eigenvalue weighted by molar-refractivity contribution is 5.85. The number of hydrogen-bond acceptors (Lipinski definition) is 3. The number of rotatable bonds is 4. The molecule has 4 nitrogen and oxygen atoms in total. The summed E-state index contributed by atoms with van der Waals surface area (Å²) < 4.78 is 6.03. The van der Waals surface area contributed by atoms with E-state index in [1.165, 1.54) is 0 Å². The summed E-state index contributed by atoms with van der Waals surface area (Å²) in [6.45, 7) is 5.23. The number of halogens is 1. The van der Waals surface area contributed by atoms with Crippen molar-refractivity contribution in [3.63, 3.8) is 0 Å². The first-order valence-corrected chi connectivity index (χ1v) is 8.78. The monoisotopic (exact) mass is 374 g/mol. The first-order valence-electron chi connectivity index (χ1n) is 8.78. The van der Waals surface area contributed by atoms with Gasteiger partial charge in [0.25, 0.3) is 0 Å². The van der Waals surface area contributed by atoms with Crippen molar-refractivity contribution < 1.29 is 9.53 Å². The quantitative estimate of drug-likeness (QED) is 0.823. The van der Waals surface area contributed by atoms with Gasteiger partial charge in [-0.2, -0.15) is 0 Å². The van der Waals surface area contributed by atoms with Crippen LogP contribution in [0.3, 0.4) is 0 Å². The summed E-state index contributed by atoms with van der Waals surface area (Å²) in [7, 11) is 0. The second-order valence-corrected chi connectivity index (χ2v) is 7.23. The van der Waals surface area contributed by atoms with Crippen LogP contribution in [0.25, 0.3) is 0 Å². The van der Waals surface area contributed by atoms with Gasteiger partial charge in [0, 0.05) is 12.1 Å². The second-order valence-electron chi connectivity index (χ2n) is 7.23. The second kappa shape index (κ2) is 8.56. The van der Waals surface area contributed by atoms with Gasteiger partial charge in [0.05, 0.1) is 18.7 Å². The highest BCUT2D eigenvalue weighted by Crippen LogP contribution is 2.31. The van der Waals surface area contributed by atoms with Gasteiger partial charge in [0.1, 0.15) is 6.10 Å². The summed E-state index contributed by atoms with van der Waals surface area (Å²) >= 11 is 0. The first kappa shape index (κ1) is 20.3. The summed E-state index contributed by atoms with van der Waals surface area (Å²) in [5.41, 5.74) is 8.58. The van der Waals surface area contributed by atoms with E-state index in [-0.39, 0.29) is 30.0 Å². The number of amides is 1. The Balaban J connectivity index is 0.00000243. The van der Waals surface area contributed by atoms with Crippen LogP contribution >= 0.6 is 12.4 Å². The van der Waals surface area contributed by atoms with E-state index in [0.29, 0.717) is 26.0 Å². The third-order valence-electron chi connectivity index (χ3n) is 4.85. The lowest BCUT2D eigenvalue weighted by molar-refractivity contribution is -0.154. The number of anilines is 1. The smallest absolute Gasteiger partial charge is 0.223 e. The lowest BCUT2D eigenvalue weighted by Crippen LogP contribution is -2.56. The Kier molecular flexibility index (Phi) is 6.68. The van der Waals surface area contributed by atoms with Crippen LogP contribution < -0.4 is 5.73 Å². The molecule has 2 aromatic carbocycles. The summed E-state index contributed by atoms with van der Waals surface area (Å²) in [5, 5.41) is 0. The van der Waals surface area contributed by atoms with Gasteiger partial charge in [-0.05, 0) is 37.5 Å². The lowest BCUT2D eigenvalue weighted by atomic mass is 9.97. The number of carbonyl (C=O) groups is 1. The van der Waals surface area contributed by atoms with E-state index in [0.717, 1.165) is 16.8 Å². The normalized spacial score (nSPS) is 18.8. The summed E-state index contributed by atoms with van der Waals surface area (Å²) in [5.74, 6) is 0.150. The molecule has 1 fully saturated rings. The van der Waals surface area contributed by atoms with E-state index in [9.17, 15) is 4.79 Å². The fraction of sp³-hybridized carbons (Fsp3) is 0.381. The average molecular weight is 375 g/mol. The number of nitrogens with zero attached hydrogens (tertiary/aromatic N) is 1. The van der Waals surface area contributed by atoms with Gasteiger partial charge in [0.15, 0.2) is 0 Å². The van der Waals surface area contributed by atoms with Crippen molar-refractivity contribution >= 4 is 24.0 Å². The Morgan fingerprint density at radius 1 is 1.15 bits per heavy atom. The summed E-state index contributed by atoms with van der Waals surface area (Å²) in [4.78, 5) is 14.9. The molecule has 1 unspecified atom stereocenters. The van der Waals surface area contributed by atoms with Crippen molar-refractivity contribution in [2.45, 2.75) is 38.3 Å². The van der Waals surface area contributed by atoms with E-state index in [2.05, 4.69) is 26.0 Å². The van der Waals surface area contributed by atoms with E-state index in [1.807, 2.05) is 47.4 Å². The molecule has 1 amide bonds. The van der Waals surface area contributed by atoms with Gasteiger partial charge in [-0.25, -0.2) is 0 Å². The number of nitrogens with two attached hydrogens (primary N) is 1. The van der Waals surface area contributed by atoms with E-state index < -0.39 is 0 Å². The number of hydrogen-bond donors (Lipinski definition) is 1. The molecule has 2 N–H and O–H groups in total. The van der Waals surface area contributed by atoms with Gasteiger partial charge in [-0.1, -0.05) is 48.5 Å². The molecule has 0 radical (unpaired) electrons. The molecule has 26 heavy (non-hydrogen) atoms. The molecule has 0 spiro atoms. The number of morpholine rings is 1. The molecule has 0 aliphatic carbocycles. The maximum Gasteiger partial charge on any atom is 0.223 e. The zero-order valence-electron chi connectivity index (χ0n) is 15.4. The molecular weight excluding hydrogens is 348 g/mol. The van der Waals surface area contributed by atoms with Gasteiger partial charge in [0.2, 0.25) is 5.91 Å². The van der Waals surface area contributed by atoms with Crippen molar-refractivity contribution in [2.75, 3.05) is 18.9 Å². The molecule has 2 aromatic rings. The van der Waals surface area contributed by atoms with Gasteiger partial charge in [-0.15, -0.1) is 12.4 Å². The minimum absolute atomic E-state index is 0. The zero-order chi connectivity index (χ0) is 17.9. The highest BCUT2D eigenvalue weighted by Gasteiger charge is 2.38. The molecule has 0 saturated carbocycles. The van der Waals surface area contributed by atoms with Crippen molar-refractivity contribution in [3.8, 4) is 0 Å². The molecule has 1 saturated heterocycles. The SMILES string of the molecule is CC1(C)COC(c2ccccc2)CN1C(=O)CCc1ccccc1N.Cl. The molecule has 1 heterocycles. The van der Waals surface area contributed by atoms with Gasteiger partial charge in [-0.3, -0.25) is 4.79 Å². The lowest BCUT2D eigenvalue weighted by Gasteiger charge is -2.45. The summed E-state index contributed by atoms with van der Waals surface area (Å²) in [6, 6.07) is 17.8. The topological polar surface area (TPSA) is 55.6 Å². The van der Waals surface area contributed by atoms with Crippen molar-refractivity contribution in [3.05, 3.63) is 65.7 Å². The van der Waals surface area contributed by atoms with Gasteiger partial charge < -0.3 is 15.4 Å². The predicted octanol–water partition coefficient (Wildman–Crippen LogP) is 4.00. The Morgan fingerprint density at radius 3 is 2.50 bits per heavy atom. The zero-order valence-corrected chi connectivity index (χ0v) is 16.2. The van der Waals surface area contributed by atoms with E-state index >= 15 is 0 Å². The number of para-hydroxylation sites is 1. The van der Waals surface area contributed by atoms with Crippen molar-refractivity contribution in [1.29, 1.82) is 0 Å². The van der Waals surface area contributed by atoms with Crippen LogP contribution in [0.1, 0.15) is 37.5 Å². The largest absolute Gasteiger partial charge is 0.399 e. The molecule has 3 rings (SSSR count). The molecule has 140 valence electrons. The third-order valence-corrected chi connectivity index (χ3v) is 4.85. The van der Waals surface area contributed by atoms with Crippen LogP contribution in [0.4, 0.5) is 5.69 Å². The van der Waals surface area contributed by atoms with Crippen LogP contribution in [0, 0.1) is 0 Å². The third kappa shape index (κ3) is 4.57. The first-order chi connectivity index (χ1) is 12.0. The van der Waals surface area contributed by atoms with Crippen LogP contribution in [0.15, 0.2) is 54.6 Å². The molecule has 5 heteroatoms. The molecule has 1 aliphatic rings. The average Bonchev–Trinajstić information content (AvgIpc) is 2.61.